The summed E-state index contributed by atoms with van der Waals surface area (Å²) in [6.07, 6.45) is 0. The second-order valence-corrected chi connectivity index (χ2v) is 7.59. The third-order valence-electron chi connectivity index (χ3n) is 4.94. The molecule has 4 aromatic rings. The SMILES string of the molecule is Nc1ccc(C(=O)OCc2ccccc2)cc1OCC(=O)Nc1ccc(Oc2ccccc2)cc1. The maximum absolute atomic E-state index is 12.4. The second kappa shape index (κ2) is 11.4. The molecule has 3 N–H and O–H groups in total. The van der Waals surface area contributed by atoms with E-state index in [0.717, 1.165) is 11.3 Å². The normalized spacial score (nSPS) is 10.3. The van der Waals surface area contributed by atoms with E-state index < -0.39 is 5.97 Å². The van der Waals surface area contributed by atoms with Gasteiger partial charge in [-0.15, -0.1) is 0 Å². The van der Waals surface area contributed by atoms with Gasteiger partial charge < -0.3 is 25.3 Å². The van der Waals surface area contributed by atoms with E-state index in [9.17, 15) is 9.59 Å². The molecule has 7 heteroatoms. The third kappa shape index (κ3) is 6.85. The second-order valence-electron chi connectivity index (χ2n) is 7.59. The Kier molecular flexibility index (Phi) is 7.60. The summed E-state index contributed by atoms with van der Waals surface area (Å²) in [5.41, 5.74) is 8.00. The maximum atomic E-state index is 12.4. The molecular weight excluding hydrogens is 444 g/mol. The molecule has 35 heavy (non-hydrogen) atoms. The number of ether oxygens (including phenoxy) is 3. The van der Waals surface area contributed by atoms with E-state index in [-0.39, 0.29) is 30.4 Å². The molecule has 7 nitrogen and oxygen atoms in total. The van der Waals surface area contributed by atoms with Crippen molar-refractivity contribution >= 4 is 23.3 Å². The highest BCUT2D eigenvalue weighted by molar-refractivity contribution is 5.92. The van der Waals surface area contributed by atoms with E-state index >= 15 is 0 Å². The summed E-state index contributed by atoms with van der Waals surface area (Å²) >= 11 is 0. The number of anilines is 2. The summed E-state index contributed by atoms with van der Waals surface area (Å²) < 4.78 is 16.6. The molecule has 4 aromatic carbocycles. The van der Waals surface area contributed by atoms with Crippen LogP contribution in [0.3, 0.4) is 0 Å². The molecule has 0 heterocycles. The zero-order chi connectivity index (χ0) is 24.5. The van der Waals surface area contributed by atoms with Gasteiger partial charge in [0.15, 0.2) is 6.61 Å². The van der Waals surface area contributed by atoms with Crippen molar-refractivity contribution in [3.8, 4) is 17.2 Å². The average molecular weight is 469 g/mol. The summed E-state index contributed by atoms with van der Waals surface area (Å²) in [6.45, 7) is -0.132. The number of hydrogen-bond donors (Lipinski definition) is 2. The monoisotopic (exact) mass is 468 g/mol. The number of nitrogen functional groups attached to an aromatic ring is 1. The standard InChI is InChI=1S/C28H24N2O5/c29-25-16-11-21(28(32)34-18-20-7-3-1-4-8-20)17-26(25)33-19-27(31)30-22-12-14-24(15-13-22)35-23-9-5-2-6-10-23/h1-17H,18-19,29H2,(H,30,31). The van der Waals surface area contributed by atoms with Gasteiger partial charge in [-0.1, -0.05) is 48.5 Å². The Morgan fingerprint density at radius 2 is 1.43 bits per heavy atom. The number of hydrogen-bond acceptors (Lipinski definition) is 6. The van der Waals surface area contributed by atoms with Crippen LogP contribution in [-0.2, 0) is 16.1 Å². The van der Waals surface area contributed by atoms with E-state index in [1.807, 2.05) is 60.7 Å². The fourth-order valence-electron chi connectivity index (χ4n) is 3.16. The lowest BCUT2D eigenvalue weighted by Gasteiger charge is -2.12. The lowest BCUT2D eigenvalue weighted by atomic mass is 10.2. The Morgan fingerprint density at radius 1 is 0.771 bits per heavy atom. The van der Waals surface area contributed by atoms with Crippen LogP contribution in [0.5, 0.6) is 17.2 Å². The minimum atomic E-state index is -0.513. The van der Waals surface area contributed by atoms with Gasteiger partial charge in [0.1, 0.15) is 23.9 Å². The van der Waals surface area contributed by atoms with Crippen molar-refractivity contribution in [1.29, 1.82) is 0 Å². The summed E-state index contributed by atoms with van der Waals surface area (Å²) in [6, 6.07) is 30.3. The van der Waals surface area contributed by atoms with Crippen LogP contribution in [-0.4, -0.2) is 18.5 Å². The lowest BCUT2D eigenvalue weighted by molar-refractivity contribution is -0.118. The summed E-state index contributed by atoms with van der Waals surface area (Å²) in [5.74, 6) is 0.704. The summed E-state index contributed by atoms with van der Waals surface area (Å²) in [7, 11) is 0. The smallest absolute Gasteiger partial charge is 0.338 e. The van der Waals surface area contributed by atoms with Crippen LogP contribution in [0.2, 0.25) is 0 Å². The molecule has 0 atom stereocenters. The van der Waals surface area contributed by atoms with E-state index in [2.05, 4.69) is 5.32 Å². The van der Waals surface area contributed by atoms with Gasteiger partial charge >= 0.3 is 5.97 Å². The predicted molar refractivity (Wildman–Crippen MR) is 133 cm³/mol. The van der Waals surface area contributed by atoms with Crippen LogP contribution < -0.4 is 20.5 Å². The highest BCUT2D eigenvalue weighted by Crippen LogP contribution is 2.24. The molecule has 0 aliphatic rings. The van der Waals surface area contributed by atoms with Gasteiger partial charge in [0.25, 0.3) is 5.91 Å². The number of nitrogens with one attached hydrogen (secondary N) is 1. The fraction of sp³-hybridized carbons (Fsp3) is 0.0714. The van der Waals surface area contributed by atoms with Crippen LogP contribution in [0.1, 0.15) is 15.9 Å². The number of esters is 1. The van der Waals surface area contributed by atoms with Crippen LogP contribution in [0, 0.1) is 0 Å². The van der Waals surface area contributed by atoms with Crippen molar-refractivity contribution in [3.05, 3.63) is 114 Å². The van der Waals surface area contributed by atoms with Gasteiger partial charge in [0.05, 0.1) is 11.3 Å². The van der Waals surface area contributed by atoms with E-state index in [1.165, 1.54) is 12.1 Å². The van der Waals surface area contributed by atoms with Gasteiger partial charge in [-0.2, -0.15) is 0 Å². The molecule has 0 aliphatic heterocycles. The van der Waals surface area contributed by atoms with E-state index in [1.54, 1.807) is 30.3 Å². The number of nitrogens with two attached hydrogens (primary N) is 1. The highest BCUT2D eigenvalue weighted by atomic mass is 16.5. The molecule has 176 valence electrons. The van der Waals surface area contributed by atoms with Crippen molar-refractivity contribution < 1.29 is 23.8 Å². The predicted octanol–water partition coefficient (Wildman–Crippen LogP) is 5.44. The Bertz CT molecular complexity index is 1280. The van der Waals surface area contributed by atoms with Crippen LogP contribution in [0.4, 0.5) is 11.4 Å². The highest BCUT2D eigenvalue weighted by Gasteiger charge is 2.13. The number of carbonyl (C=O) groups is 2. The average Bonchev–Trinajstić information content (AvgIpc) is 2.89. The van der Waals surface area contributed by atoms with Gasteiger partial charge in [-0.05, 0) is 60.2 Å². The molecule has 0 fully saturated rings. The fourth-order valence-corrected chi connectivity index (χ4v) is 3.16. The van der Waals surface area contributed by atoms with Crippen molar-refractivity contribution in [2.45, 2.75) is 6.61 Å². The molecule has 0 saturated carbocycles. The van der Waals surface area contributed by atoms with E-state index in [0.29, 0.717) is 17.1 Å². The largest absolute Gasteiger partial charge is 0.482 e. The quantitative estimate of drug-likeness (QED) is 0.251. The molecule has 0 bridgehead atoms. The zero-order valence-electron chi connectivity index (χ0n) is 18.8. The van der Waals surface area contributed by atoms with Crippen molar-refractivity contribution in [2.75, 3.05) is 17.7 Å². The number of benzene rings is 4. The Labute approximate surface area is 203 Å². The summed E-state index contributed by atoms with van der Waals surface area (Å²) in [4.78, 5) is 24.7. The topological polar surface area (TPSA) is 99.9 Å². The first-order chi connectivity index (χ1) is 17.1. The number of para-hydroxylation sites is 1. The van der Waals surface area contributed by atoms with Crippen molar-refractivity contribution in [1.82, 2.24) is 0 Å². The number of rotatable bonds is 9. The first-order valence-corrected chi connectivity index (χ1v) is 10.9. The molecule has 4 rings (SSSR count). The van der Waals surface area contributed by atoms with Crippen LogP contribution >= 0.6 is 0 Å². The first kappa shape index (κ1) is 23.4. The van der Waals surface area contributed by atoms with Crippen molar-refractivity contribution in [3.63, 3.8) is 0 Å². The minimum Gasteiger partial charge on any atom is -0.482 e. The van der Waals surface area contributed by atoms with E-state index in [4.69, 9.17) is 19.9 Å². The zero-order valence-corrected chi connectivity index (χ0v) is 18.8. The molecule has 0 aliphatic carbocycles. The molecule has 0 saturated heterocycles. The van der Waals surface area contributed by atoms with Crippen LogP contribution in [0.15, 0.2) is 103 Å². The molecule has 0 aromatic heterocycles. The van der Waals surface area contributed by atoms with Gasteiger partial charge in [0.2, 0.25) is 0 Å². The number of amides is 1. The Balaban J connectivity index is 1.29. The molecular formula is C28H24N2O5. The summed E-state index contributed by atoms with van der Waals surface area (Å²) in [5, 5.41) is 2.75. The number of carbonyl (C=O) groups excluding carboxylic acids is 2. The van der Waals surface area contributed by atoms with Gasteiger partial charge in [-0.25, -0.2) is 4.79 Å². The molecule has 0 radical (unpaired) electrons. The lowest BCUT2D eigenvalue weighted by Crippen LogP contribution is -2.20. The third-order valence-corrected chi connectivity index (χ3v) is 4.94. The van der Waals surface area contributed by atoms with Crippen molar-refractivity contribution in [2.24, 2.45) is 0 Å². The molecule has 0 unspecified atom stereocenters. The Morgan fingerprint density at radius 3 is 2.14 bits per heavy atom. The molecule has 1 amide bonds. The molecule has 0 spiro atoms. The van der Waals surface area contributed by atoms with Gasteiger partial charge in [0, 0.05) is 5.69 Å². The maximum Gasteiger partial charge on any atom is 0.338 e. The first-order valence-electron chi connectivity index (χ1n) is 10.9. The minimum absolute atomic E-state index is 0.151. The van der Waals surface area contributed by atoms with Gasteiger partial charge in [-0.3, -0.25) is 4.79 Å². The Hall–Kier alpha value is -4.78. The van der Waals surface area contributed by atoms with Crippen LogP contribution in [0.25, 0.3) is 0 Å².